The van der Waals surface area contributed by atoms with E-state index < -0.39 is 0 Å². The summed E-state index contributed by atoms with van der Waals surface area (Å²) in [5.41, 5.74) is 6.38. The lowest BCUT2D eigenvalue weighted by Gasteiger charge is -2.15. The highest BCUT2D eigenvalue weighted by molar-refractivity contribution is 6.01. The van der Waals surface area contributed by atoms with Gasteiger partial charge < -0.3 is 4.57 Å². The molecule has 4 heteroatoms. The second-order valence-electron chi connectivity index (χ2n) is 7.99. The Hall–Kier alpha value is -2.36. The van der Waals surface area contributed by atoms with Crippen molar-refractivity contribution in [1.29, 1.82) is 0 Å². The van der Waals surface area contributed by atoms with Gasteiger partial charge in [0.15, 0.2) is 0 Å². The molecule has 0 spiro atoms. The van der Waals surface area contributed by atoms with Crippen LogP contribution in [-0.4, -0.2) is 16.7 Å². The summed E-state index contributed by atoms with van der Waals surface area (Å²) in [7, 11) is 0. The Balaban J connectivity index is 1.53. The number of benzene rings is 1. The summed E-state index contributed by atoms with van der Waals surface area (Å²) in [4.78, 5) is 12.6. The lowest BCUT2D eigenvalue weighted by atomic mass is 9.90. The zero-order valence-corrected chi connectivity index (χ0v) is 15.7. The Morgan fingerprint density at radius 1 is 1.42 bits per heavy atom. The van der Waals surface area contributed by atoms with Crippen LogP contribution in [0.4, 0.5) is 0 Å². The van der Waals surface area contributed by atoms with Gasteiger partial charge in [-0.2, -0.15) is 5.10 Å². The number of amides is 1. The summed E-state index contributed by atoms with van der Waals surface area (Å²) in [6.07, 6.45) is 8.57. The summed E-state index contributed by atoms with van der Waals surface area (Å²) in [5.74, 6) is 0.788. The van der Waals surface area contributed by atoms with E-state index in [0.717, 1.165) is 23.2 Å². The molecule has 0 aliphatic heterocycles. The van der Waals surface area contributed by atoms with Gasteiger partial charge in [-0.05, 0) is 37.2 Å². The molecule has 2 aromatic rings. The van der Waals surface area contributed by atoms with Crippen LogP contribution in [0.25, 0.3) is 10.9 Å². The Labute approximate surface area is 155 Å². The molecule has 4 rings (SSSR count). The average molecular weight is 349 g/mol. The van der Waals surface area contributed by atoms with E-state index in [0.29, 0.717) is 5.92 Å². The van der Waals surface area contributed by atoms with Crippen LogP contribution in [-0.2, 0) is 11.3 Å². The first-order valence-corrected chi connectivity index (χ1v) is 9.59. The molecule has 1 aromatic heterocycles. The molecule has 1 amide bonds. The van der Waals surface area contributed by atoms with Crippen LogP contribution < -0.4 is 5.43 Å². The highest BCUT2D eigenvalue weighted by Gasteiger charge is 2.64. The van der Waals surface area contributed by atoms with Crippen molar-refractivity contribution in [3.8, 4) is 0 Å². The molecule has 0 saturated heterocycles. The van der Waals surface area contributed by atoms with Gasteiger partial charge in [0.2, 0.25) is 5.91 Å². The maximum absolute atomic E-state index is 12.6. The number of para-hydroxylation sites is 1. The topological polar surface area (TPSA) is 46.4 Å². The van der Waals surface area contributed by atoms with Crippen molar-refractivity contribution in [2.24, 2.45) is 22.4 Å². The molecule has 0 radical (unpaired) electrons. The number of hydrazone groups is 1. The molecule has 26 heavy (non-hydrogen) atoms. The third kappa shape index (κ3) is 2.59. The molecular formula is C22H27N3O. The van der Waals surface area contributed by atoms with Gasteiger partial charge in [-0.25, -0.2) is 5.43 Å². The SMILES string of the molecule is C=CCn1c(C)c(/C=N\NC(=O)[C@@H]2[C@H]3CCCC[C@]32C)c2ccccc21. The van der Waals surface area contributed by atoms with Crippen LogP contribution in [0, 0.1) is 24.2 Å². The Morgan fingerprint density at radius 3 is 2.96 bits per heavy atom. The number of allylic oxidation sites excluding steroid dienone is 1. The van der Waals surface area contributed by atoms with E-state index in [2.05, 4.69) is 47.7 Å². The van der Waals surface area contributed by atoms with Crippen LogP contribution >= 0.6 is 0 Å². The van der Waals surface area contributed by atoms with Crippen molar-refractivity contribution in [3.63, 3.8) is 0 Å². The summed E-state index contributed by atoms with van der Waals surface area (Å²) in [6.45, 7) is 8.96. The molecule has 0 unspecified atom stereocenters. The number of aromatic nitrogens is 1. The first-order valence-electron chi connectivity index (χ1n) is 9.59. The van der Waals surface area contributed by atoms with Crippen LogP contribution in [0.2, 0.25) is 0 Å². The van der Waals surface area contributed by atoms with Gasteiger partial charge in [-0.3, -0.25) is 4.79 Å². The predicted octanol–water partition coefficient (Wildman–Crippen LogP) is 4.41. The third-order valence-electron chi connectivity index (χ3n) is 6.57. The standard InChI is InChI=1S/C22H27N3O/c1-4-13-25-15(2)17(16-9-5-6-11-19(16)25)14-23-24-21(26)20-18-10-7-8-12-22(18,20)3/h4-6,9,11,14,18,20H,1,7-8,10,12-13H2,2-3H3,(H,24,26)/b23-14-/t18-,20+,22-/m1/s1. The Kier molecular flexibility index (Phi) is 4.22. The van der Waals surface area contributed by atoms with Gasteiger partial charge in [0.1, 0.15) is 0 Å². The number of nitrogens with one attached hydrogen (secondary N) is 1. The molecule has 0 bridgehead atoms. The molecule has 136 valence electrons. The average Bonchev–Trinajstić information content (AvgIpc) is 3.20. The summed E-state index contributed by atoms with van der Waals surface area (Å²) in [5, 5.41) is 5.46. The molecule has 1 N–H and O–H groups in total. The molecule has 1 aromatic carbocycles. The monoisotopic (exact) mass is 349 g/mol. The van der Waals surface area contributed by atoms with Crippen molar-refractivity contribution >= 4 is 23.0 Å². The second kappa shape index (κ2) is 6.42. The number of carbonyl (C=O) groups is 1. The Morgan fingerprint density at radius 2 is 2.23 bits per heavy atom. The zero-order chi connectivity index (χ0) is 18.3. The molecule has 2 fully saturated rings. The fraction of sp³-hybridized carbons (Fsp3) is 0.455. The van der Waals surface area contributed by atoms with Crippen molar-refractivity contribution in [2.45, 2.75) is 46.1 Å². The van der Waals surface area contributed by atoms with E-state index in [-0.39, 0.29) is 17.2 Å². The third-order valence-corrected chi connectivity index (χ3v) is 6.57. The van der Waals surface area contributed by atoms with Crippen LogP contribution in [0.1, 0.15) is 43.9 Å². The minimum absolute atomic E-state index is 0.0862. The number of fused-ring (bicyclic) bond motifs is 2. The van der Waals surface area contributed by atoms with Gasteiger partial charge in [0, 0.05) is 34.6 Å². The van der Waals surface area contributed by atoms with E-state index in [1.54, 1.807) is 6.21 Å². The van der Waals surface area contributed by atoms with Gasteiger partial charge in [0.25, 0.3) is 0 Å². The predicted molar refractivity (Wildman–Crippen MR) is 106 cm³/mol. The van der Waals surface area contributed by atoms with E-state index in [9.17, 15) is 4.79 Å². The van der Waals surface area contributed by atoms with E-state index >= 15 is 0 Å². The molecule has 2 saturated carbocycles. The number of hydrogen-bond donors (Lipinski definition) is 1. The van der Waals surface area contributed by atoms with Crippen LogP contribution in [0.5, 0.6) is 0 Å². The fourth-order valence-electron chi connectivity index (χ4n) is 5.07. The highest BCUT2D eigenvalue weighted by atomic mass is 16.2. The number of rotatable bonds is 5. The highest BCUT2D eigenvalue weighted by Crippen LogP contribution is 2.66. The quantitative estimate of drug-likeness (QED) is 0.485. The maximum atomic E-state index is 12.6. The molecule has 2 aliphatic rings. The molecule has 1 heterocycles. The van der Waals surface area contributed by atoms with Gasteiger partial charge in [-0.15, -0.1) is 6.58 Å². The fourth-order valence-corrected chi connectivity index (χ4v) is 5.07. The van der Waals surface area contributed by atoms with Crippen molar-refractivity contribution in [2.75, 3.05) is 0 Å². The van der Waals surface area contributed by atoms with E-state index in [1.165, 1.54) is 31.2 Å². The number of hydrogen-bond acceptors (Lipinski definition) is 2. The minimum Gasteiger partial charge on any atom is -0.340 e. The lowest BCUT2D eigenvalue weighted by Crippen LogP contribution is -2.22. The van der Waals surface area contributed by atoms with E-state index in [4.69, 9.17) is 0 Å². The maximum Gasteiger partial charge on any atom is 0.244 e. The Bertz CT molecular complexity index is 894. The lowest BCUT2D eigenvalue weighted by molar-refractivity contribution is -0.123. The largest absolute Gasteiger partial charge is 0.340 e. The van der Waals surface area contributed by atoms with Crippen molar-refractivity contribution in [3.05, 3.63) is 48.2 Å². The minimum atomic E-state index is 0.0862. The summed E-state index contributed by atoms with van der Waals surface area (Å²) < 4.78 is 2.22. The van der Waals surface area contributed by atoms with Crippen LogP contribution in [0.3, 0.4) is 0 Å². The zero-order valence-electron chi connectivity index (χ0n) is 15.7. The summed E-state index contributed by atoms with van der Waals surface area (Å²) in [6, 6.07) is 8.28. The smallest absolute Gasteiger partial charge is 0.244 e. The van der Waals surface area contributed by atoms with E-state index in [1.807, 2.05) is 18.2 Å². The molecule has 2 aliphatic carbocycles. The van der Waals surface area contributed by atoms with Crippen molar-refractivity contribution < 1.29 is 4.79 Å². The normalized spacial score (nSPS) is 27.5. The van der Waals surface area contributed by atoms with Crippen molar-refractivity contribution in [1.82, 2.24) is 9.99 Å². The summed E-state index contributed by atoms with van der Waals surface area (Å²) >= 11 is 0. The van der Waals surface area contributed by atoms with Gasteiger partial charge in [0.05, 0.1) is 6.21 Å². The number of carbonyl (C=O) groups excluding carboxylic acids is 1. The molecular weight excluding hydrogens is 322 g/mol. The van der Waals surface area contributed by atoms with Gasteiger partial charge in [-0.1, -0.05) is 44.0 Å². The van der Waals surface area contributed by atoms with Crippen LogP contribution in [0.15, 0.2) is 42.0 Å². The molecule has 3 atom stereocenters. The first kappa shape index (κ1) is 17.1. The second-order valence-corrected chi connectivity index (χ2v) is 7.99. The molecule has 4 nitrogen and oxygen atoms in total. The first-order chi connectivity index (χ1) is 12.6. The van der Waals surface area contributed by atoms with Gasteiger partial charge >= 0.3 is 0 Å². The number of nitrogens with zero attached hydrogens (tertiary/aromatic N) is 2.